The first-order chi connectivity index (χ1) is 5.66. The largest absolute Gasteiger partial charge is 0.316 e. The number of fused-ring (bicyclic) bond motifs is 2. The van der Waals surface area contributed by atoms with Crippen molar-refractivity contribution in [2.45, 2.75) is 20.0 Å². The molecule has 2 heterocycles. The lowest BCUT2D eigenvalue weighted by atomic mass is 10.5. The topological polar surface area (TPSA) is 9.23 Å². The zero-order valence-electron chi connectivity index (χ0n) is 6.38. The maximum absolute atomic E-state index is 5.93. The molecule has 2 bridgehead atoms. The number of rotatable bonds is 2. The zero-order valence-corrected chi connectivity index (χ0v) is 14.6. The molecule has 0 aliphatic carbocycles. The highest BCUT2D eigenvalue weighted by Crippen LogP contribution is 2.82. The Bertz CT molecular complexity index is 391. The first kappa shape index (κ1) is 11.0. The van der Waals surface area contributed by atoms with E-state index in [1.165, 1.54) is 0 Å². The van der Waals surface area contributed by atoms with E-state index in [0.717, 1.165) is 0 Å². The minimum absolute atomic E-state index is 0.0773. The summed E-state index contributed by atoms with van der Waals surface area (Å²) in [4.78, 5) is 0. The molecule has 0 fully saturated rings. The molecule has 0 aliphatic heterocycles. The molecule has 1 nitrogen and oxygen atoms in total. The summed E-state index contributed by atoms with van der Waals surface area (Å²) in [6.45, 7) is 4.23. The molecule has 12 heavy (non-hydrogen) atoms. The molecular formula is C3H7IOP4S3. The Kier molecular flexibility index (Phi) is 4.23. The minimum Gasteiger partial charge on any atom is -0.316 e. The van der Waals surface area contributed by atoms with Crippen LogP contribution in [0.1, 0.15) is 13.8 Å². The maximum Gasteiger partial charge on any atom is 0.117 e. The highest BCUT2D eigenvalue weighted by atomic mass is 127. The van der Waals surface area contributed by atoms with Crippen molar-refractivity contribution in [1.29, 1.82) is 0 Å². The Morgan fingerprint density at radius 3 is 2.33 bits per heavy atom. The quantitative estimate of drug-likeness (QED) is 0.503. The van der Waals surface area contributed by atoms with Gasteiger partial charge in [0.2, 0.25) is 0 Å². The van der Waals surface area contributed by atoms with Gasteiger partial charge in [-0.2, -0.15) is 0 Å². The summed E-state index contributed by atoms with van der Waals surface area (Å²) in [7, 11) is 6.72. The number of hydrogen-bond acceptors (Lipinski definition) is 4. The second-order valence-electron chi connectivity index (χ2n) is 2.34. The van der Waals surface area contributed by atoms with Crippen LogP contribution in [0.5, 0.6) is 0 Å². The van der Waals surface area contributed by atoms with Gasteiger partial charge in [0, 0.05) is 4.03 Å². The molecular weight excluding hydrogens is 399 g/mol. The number of halogens is 1. The first-order valence-electron chi connectivity index (χ1n) is 3.24. The van der Waals surface area contributed by atoms with Gasteiger partial charge in [-0.05, 0) is 35.9 Å². The van der Waals surface area contributed by atoms with Crippen molar-refractivity contribution in [1.82, 2.24) is 0 Å². The molecule has 0 aliphatic rings. The lowest BCUT2D eigenvalue weighted by Crippen LogP contribution is -2.00. The maximum atomic E-state index is 5.93. The van der Waals surface area contributed by atoms with E-state index in [1.807, 2.05) is 0 Å². The van der Waals surface area contributed by atoms with Gasteiger partial charge in [-0.15, -0.1) is 0 Å². The molecule has 9 heteroatoms. The standard InChI is InChI=1S/C3H7IOP4S3/c1-3(2)5-7-9-10-6(4)8(11-7)12-9/h3H,1-2H3. The van der Waals surface area contributed by atoms with E-state index in [0.29, 0.717) is 10.1 Å². The smallest absolute Gasteiger partial charge is 0.117 e. The highest BCUT2D eigenvalue weighted by Gasteiger charge is 2.11. The fourth-order valence-electron chi connectivity index (χ4n) is 0.622. The normalized spacial score (nSPS) is 18.0. The van der Waals surface area contributed by atoms with Crippen molar-refractivity contribution in [2.75, 3.05) is 0 Å². The van der Waals surface area contributed by atoms with Crippen molar-refractivity contribution in [3.63, 3.8) is 0 Å². The second kappa shape index (κ2) is 4.60. The van der Waals surface area contributed by atoms with E-state index in [9.17, 15) is 0 Å². The van der Waals surface area contributed by atoms with Crippen molar-refractivity contribution in [2.24, 2.45) is 0 Å². The van der Waals surface area contributed by atoms with E-state index in [2.05, 4.69) is 67.5 Å². The molecule has 2 rings (SSSR count). The Labute approximate surface area is 98.4 Å². The number of hydrogen-bond donors (Lipinski definition) is 0. The first-order valence-corrected chi connectivity index (χ1v) is 18.8. The predicted molar refractivity (Wildman–Crippen MR) is 78.1 cm³/mol. The van der Waals surface area contributed by atoms with Crippen molar-refractivity contribution in [3.8, 4) is 0 Å². The summed E-state index contributed by atoms with van der Waals surface area (Å²) in [5.74, 6) is 0. The third-order valence-electron chi connectivity index (χ3n) is 0.979. The van der Waals surface area contributed by atoms with Crippen LogP contribution in [0.2, 0.25) is 0 Å². The molecule has 4 unspecified atom stereocenters. The lowest BCUT2D eigenvalue weighted by molar-refractivity contribution is 0.343. The minimum atomic E-state index is -0.0773. The van der Waals surface area contributed by atoms with E-state index in [4.69, 9.17) is 4.52 Å². The zero-order chi connectivity index (χ0) is 8.72. The fraction of sp³-hybridized carbons (Fsp3) is 1.00. The van der Waals surface area contributed by atoms with Crippen LogP contribution in [-0.4, -0.2) is 6.10 Å². The third kappa shape index (κ3) is 2.38. The fourth-order valence-corrected chi connectivity index (χ4v) is 103. The Balaban J connectivity index is 2.36. The van der Waals surface area contributed by atoms with Crippen LogP contribution >= 0.6 is 75.1 Å². The molecule has 0 amide bonds. The molecule has 2 aromatic heterocycles. The molecule has 0 saturated carbocycles. The van der Waals surface area contributed by atoms with E-state index in [-0.39, 0.29) is 17.4 Å². The van der Waals surface area contributed by atoms with Gasteiger partial charge >= 0.3 is 0 Å². The molecule has 70 valence electrons. The molecule has 0 spiro atoms. The van der Waals surface area contributed by atoms with Gasteiger partial charge in [-0.3, -0.25) is 0 Å². The van der Waals surface area contributed by atoms with Gasteiger partial charge in [-0.25, -0.2) is 0 Å². The molecule has 0 radical (unpaired) electrons. The third-order valence-corrected chi connectivity index (χ3v) is 60.3. The average Bonchev–Trinajstić information content (AvgIpc) is 2.44. The lowest BCUT2D eigenvalue weighted by Gasteiger charge is -2.03. The van der Waals surface area contributed by atoms with E-state index < -0.39 is 0 Å². The summed E-state index contributed by atoms with van der Waals surface area (Å²) in [6, 6.07) is 0. The molecule has 4 atom stereocenters. The van der Waals surface area contributed by atoms with Gasteiger partial charge in [0.1, 0.15) is 6.62 Å². The van der Waals surface area contributed by atoms with Crippen LogP contribution in [0.15, 0.2) is 0 Å². The van der Waals surface area contributed by atoms with Crippen LogP contribution in [0, 0.1) is 0 Å². The molecule has 0 aromatic carbocycles. The van der Waals surface area contributed by atoms with Gasteiger partial charge in [0.05, 0.1) is 16.9 Å². The Morgan fingerprint density at radius 2 is 1.92 bits per heavy atom. The summed E-state index contributed by atoms with van der Waals surface area (Å²) < 4.78 is 6.24. The SMILES string of the molecule is CC(C)Op1sp2sp1sp2I. The molecule has 2 aromatic rings. The van der Waals surface area contributed by atoms with Crippen LogP contribution in [0.3, 0.4) is 0 Å². The Hall–Kier alpha value is 2.55. The van der Waals surface area contributed by atoms with Crippen LogP contribution in [0.4, 0.5) is 0 Å². The van der Waals surface area contributed by atoms with Crippen LogP contribution < -0.4 is 4.52 Å². The summed E-state index contributed by atoms with van der Waals surface area (Å²) >= 11 is 2.65. The van der Waals surface area contributed by atoms with Crippen molar-refractivity contribution in [3.05, 3.63) is 0 Å². The summed E-state index contributed by atoms with van der Waals surface area (Å²) in [5, 5.41) is 0.465. The predicted octanol–water partition coefficient (Wildman–Crippen LogP) is 6.73. The van der Waals surface area contributed by atoms with Gasteiger partial charge < -0.3 is 4.52 Å². The van der Waals surface area contributed by atoms with Crippen LogP contribution in [0.25, 0.3) is 0 Å². The van der Waals surface area contributed by atoms with E-state index in [1.54, 1.807) is 0 Å². The summed E-state index contributed by atoms with van der Waals surface area (Å²) in [6.07, 6.45) is 0.434. The van der Waals surface area contributed by atoms with Crippen molar-refractivity contribution >= 4 is 75.1 Å². The van der Waals surface area contributed by atoms with Gasteiger partial charge in [-0.1, -0.05) is 31.6 Å². The van der Waals surface area contributed by atoms with Gasteiger partial charge in [0.15, 0.2) is 0 Å². The second-order valence-corrected chi connectivity index (χ2v) is 35.4. The average molecular weight is 406 g/mol. The van der Waals surface area contributed by atoms with Crippen LogP contribution in [-0.2, 0) is 0 Å². The molecule has 0 N–H and O–H groups in total. The highest BCUT2D eigenvalue weighted by molar-refractivity contribution is 14.2. The summed E-state index contributed by atoms with van der Waals surface area (Å²) in [5.41, 5.74) is 0. The monoisotopic (exact) mass is 406 g/mol. The van der Waals surface area contributed by atoms with Crippen molar-refractivity contribution < 1.29 is 4.52 Å². The van der Waals surface area contributed by atoms with Gasteiger partial charge in [0.25, 0.3) is 0 Å². The van der Waals surface area contributed by atoms with E-state index >= 15 is 0 Å². The molecule has 0 saturated heterocycles. The Morgan fingerprint density at radius 1 is 1.17 bits per heavy atom.